The van der Waals surface area contributed by atoms with Gasteiger partial charge in [0.25, 0.3) is 0 Å². The Bertz CT molecular complexity index is 365. The van der Waals surface area contributed by atoms with Crippen molar-refractivity contribution in [2.24, 2.45) is 0 Å². The zero-order valence-corrected chi connectivity index (χ0v) is 16.2. The van der Waals surface area contributed by atoms with Crippen LogP contribution in [-0.4, -0.2) is 0 Å². The number of benzene rings is 1. The van der Waals surface area contributed by atoms with Gasteiger partial charge < -0.3 is 0 Å². The first-order valence-electron chi connectivity index (χ1n) is 8.34. The molecule has 0 saturated heterocycles. The van der Waals surface area contributed by atoms with E-state index in [1.165, 1.54) is 23.1 Å². The fourth-order valence-electron chi connectivity index (χ4n) is 1.64. The number of hydrogen-bond acceptors (Lipinski definition) is 0. The van der Waals surface area contributed by atoms with E-state index in [0.717, 1.165) is 0 Å². The molecule has 0 atom stereocenters. The Morgan fingerprint density at radius 2 is 1.10 bits per heavy atom. The lowest BCUT2D eigenvalue weighted by atomic mass is 9.79. The molecule has 0 radical (unpaired) electrons. The Labute approximate surface area is 134 Å². The first kappa shape index (κ1) is 22.2. The summed E-state index contributed by atoms with van der Waals surface area (Å²) in [5.41, 5.74) is 4.37. The summed E-state index contributed by atoms with van der Waals surface area (Å²) in [7, 11) is 0. The molecule has 0 N–H and O–H groups in total. The van der Waals surface area contributed by atoms with E-state index in [1.807, 2.05) is 19.9 Å². The summed E-state index contributed by atoms with van der Waals surface area (Å²) in [6.45, 7) is 25.6. The SMILES string of the molecule is C=Cc1cc(C(C)(C)C)cc(C(C)(C)C)c1.CC.CCC. The largest absolute Gasteiger partial charge is 0.0985 e. The second-order valence-corrected chi connectivity index (χ2v) is 7.25. The van der Waals surface area contributed by atoms with Gasteiger partial charge in [0, 0.05) is 0 Å². The highest BCUT2D eigenvalue weighted by Gasteiger charge is 2.19. The molecule has 1 aromatic rings. The normalized spacial score (nSPS) is 10.8. The average molecular weight is 291 g/mol. The molecule has 0 bridgehead atoms. The minimum atomic E-state index is 0.193. The van der Waals surface area contributed by atoms with E-state index in [0.29, 0.717) is 0 Å². The van der Waals surface area contributed by atoms with Crippen LogP contribution in [0.2, 0.25) is 0 Å². The fraction of sp³-hybridized carbons (Fsp3) is 0.619. The second kappa shape index (κ2) is 9.82. The predicted octanol–water partition coefficient (Wildman–Crippen LogP) is 7.37. The lowest BCUT2D eigenvalue weighted by Gasteiger charge is -2.25. The Morgan fingerprint density at radius 3 is 1.29 bits per heavy atom. The third-order valence-corrected chi connectivity index (χ3v) is 2.92. The van der Waals surface area contributed by atoms with E-state index in [9.17, 15) is 0 Å². The quantitative estimate of drug-likeness (QED) is 0.506. The molecule has 0 fully saturated rings. The van der Waals surface area contributed by atoms with Crippen LogP contribution < -0.4 is 0 Å². The highest BCUT2D eigenvalue weighted by Crippen LogP contribution is 2.30. The molecule has 0 aromatic heterocycles. The van der Waals surface area contributed by atoms with Crippen LogP contribution >= 0.6 is 0 Å². The molecule has 0 heterocycles. The summed E-state index contributed by atoms with van der Waals surface area (Å²) < 4.78 is 0. The summed E-state index contributed by atoms with van der Waals surface area (Å²) in [5.74, 6) is 0. The third-order valence-electron chi connectivity index (χ3n) is 2.92. The average Bonchev–Trinajstić information content (AvgIpc) is 2.39. The molecule has 0 unspecified atom stereocenters. The van der Waals surface area contributed by atoms with Gasteiger partial charge in [-0.25, -0.2) is 0 Å². The van der Waals surface area contributed by atoms with Gasteiger partial charge in [0.15, 0.2) is 0 Å². The van der Waals surface area contributed by atoms with Gasteiger partial charge in [-0.2, -0.15) is 0 Å². The standard InChI is InChI=1S/C16H24.C3H8.C2H6/c1-8-12-9-13(15(2,3)4)11-14(10-12)16(5,6)7;1-3-2;1-2/h8-11H,1H2,2-7H3;3H2,1-2H3;1-2H3. The molecule has 0 heteroatoms. The smallest absolute Gasteiger partial charge is 0.0132 e. The molecule has 0 amide bonds. The molecular formula is C21H38. The summed E-state index contributed by atoms with van der Waals surface area (Å²) in [6, 6.07) is 6.80. The van der Waals surface area contributed by atoms with Crippen molar-refractivity contribution in [1.29, 1.82) is 0 Å². The summed E-state index contributed by atoms with van der Waals surface area (Å²) in [6.07, 6.45) is 3.18. The topological polar surface area (TPSA) is 0 Å². The minimum Gasteiger partial charge on any atom is -0.0985 e. The van der Waals surface area contributed by atoms with Gasteiger partial charge in [-0.15, -0.1) is 0 Å². The Hall–Kier alpha value is -1.04. The molecule has 0 aliphatic carbocycles. The lowest BCUT2D eigenvalue weighted by molar-refractivity contribution is 0.568. The van der Waals surface area contributed by atoms with E-state index in [1.54, 1.807) is 0 Å². The molecule has 0 saturated carbocycles. The van der Waals surface area contributed by atoms with Crippen molar-refractivity contribution in [2.45, 2.75) is 86.5 Å². The van der Waals surface area contributed by atoms with Crippen molar-refractivity contribution < 1.29 is 0 Å². The van der Waals surface area contributed by atoms with Crippen LogP contribution in [0.3, 0.4) is 0 Å². The Morgan fingerprint density at radius 1 is 0.810 bits per heavy atom. The number of hydrogen-bond donors (Lipinski definition) is 0. The van der Waals surface area contributed by atoms with E-state index in [-0.39, 0.29) is 10.8 Å². The summed E-state index contributed by atoms with van der Waals surface area (Å²) >= 11 is 0. The molecule has 1 aromatic carbocycles. The maximum Gasteiger partial charge on any atom is -0.0132 e. The maximum atomic E-state index is 3.88. The highest BCUT2D eigenvalue weighted by molar-refractivity contribution is 5.52. The second-order valence-electron chi connectivity index (χ2n) is 7.25. The van der Waals surface area contributed by atoms with Crippen LogP contribution in [0.15, 0.2) is 24.8 Å². The number of rotatable bonds is 1. The van der Waals surface area contributed by atoms with E-state index in [4.69, 9.17) is 0 Å². The predicted molar refractivity (Wildman–Crippen MR) is 101 cm³/mol. The van der Waals surface area contributed by atoms with Gasteiger partial charge in [-0.05, 0) is 27.5 Å². The van der Waals surface area contributed by atoms with Gasteiger partial charge in [0.2, 0.25) is 0 Å². The Balaban J connectivity index is 0. The van der Waals surface area contributed by atoms with Gasteiger partial charge in [0.1, 0.15) is 0 Å². The minimum absolute atomic E-state index is 0.193. The monoisotopic (exact) mass is 290 g/mol. The Kier molecular flexibility index (Phi) is 10.4. The molecule has 0 aliphatic rings. The summed E-state index contributed by atoms with van der Waals surface area (Å²) in [5, 5.41) is 0. The van der Waals surface area contributed by atoms with Gasteiger partial charge in [-0.1, -0.05) is 107 Å². The molecule has 0 spiro atoms. The van der Waals surface area contributed by atoms with Crippen molar-refractivity contribution in [2.75, 3.05) is 0 Å². The zero-order valence-electron chi connectivity index (χ0n) is 16.2. The van der Waals surface area contributed by atoms with Crippen LogP contribution in [0.4, 0.5) is 0 Å². The van der Waals surface area contributed by atoms with Gasteiger partial charge in [-0.3, -0.25) is 0 Å². The lowest BCUT2D eigenvalue weighted by Crippen LogP contribution is -2.16. The van der Waals surface area contributed by atoms with Crippen LogP contribution in [-0.2, 0) is 10.8 Å². The van der Waals surface area contributed by atoms with Crippen molar-refractivity contribution >= 4 is 6.08 Å². The van der Waals surface area contributed by atoms with Crippen molar-refractivity contribution in [3.63, 3.8) is 0 Å². The van der Waals surface area contributed by atoms with Crippen molar-refractivity contribution in [1.82, 2.24) is 0 Å². The van der Waals surface area contributed by atoms with Crippen LogP contribution in [0.5, 0.6) is 0 Å². The van der Waals surface area contributed by atoms with Crippen LogP contribution in [0, 0.1) is 0 Å². The van der Waals surface area contributed by atoms with E-state index >= 15 is 0 Å². The third kappa shape index (κ3) is 8.75. The summed E-state index contributed by atoms with van der Waals surface area (Å²) in [4.78, 5) is 0. The zero-order chi connectivity index (χ0) is 17.3. The highest BCUT2D eigenvalue weighted by atomic mass is 14.2. The molecule has 21 heavy (non-hydrogen) atoms. The van der Waals surface area contributed by atoms with E-state index in [2.05, 4.69) is 80.2 Å². The molecule has 122 valence electrons. The molecule has 0 nitrogen and oxygen atoms in total. The van der Waals surface area contributed by atoms with Crippen molar-refractivity contribution in [3.05, 3.63) is 41.5 Å². The fourth-order valence-corrected chi connectivity index (χ4v) is 1.64. The van der Waals surface area contributed by atoms with Crippen molar-refractivity contribution in [3.8, 4) is 0 Å². The molecule has 0 aliphatic heterocycles. The molecule has 1 rings (SSSR count). The maximum absolute atomic E-state index is 3.88. The van der Waals surface area contributed by atoms with Crippen LogP contribution in [0.1, 0.15) is 92.3 Å². The van der Waals surface area contributed by atoms with Gasteiger partial charge >= 0.3 is 0 Å². The molecular weight excluding hydrogens is 252 g/mol. The first-order chi connectivity index (χ1) is 9.56. The van der Waals surface area contributed by atoms with Crippen LogP contribution in [0.25, 0.3) is 6.08 Å². The van der Waals surface area contributed by atoms with E-state index < -0.39 is 0 Å². The van der Waals surface area contributed by atoms with Gasteiger partial charge in [0.05, 0.1) is 0 Å². The first-order valence-corrected chi connectivity index (χ1v) is 8.34.